The first-order chi connectivity index (χ1) is 19.6. The topological polar surface area (TPSA) is 84.7 Å². The summed E-state index contributed by atoms with van der Waals surface area (Å²) in [6, 6.07) is 11.3. The number of hydrogen-bond donors (Lipinski definition) is 2. The minimum Gasteiger partial charge on any atom is -0.324 e. The predicted molar refractivity (Wildman–Crippen MR) is 143 cm³/mol. The minimum absolute atomic E-state index is 0.0320. The molecular weight excluding hydrogens is 448 g/mol. The number of hydrogen-bond acceptors (Lipinski definition) is 5. The summed E-state index contributed by atoms with van der Waals surface area (Å²) < 4.78 is 43.6. The zero-order valence-corrected chi connectivity index (χ0v) is 20.0. The first kappa shape index (κ1) is 17.6. The molecule has 0 saturated heterocycles. The summed E-state index contributed by atoms with van der Waals surface area (Å²) in [6.45, 7) is 5.08. The fourth-order valence-electron chi connectivity index (χ4n) is 3.57. The van der Waals surface area contributed by atoms with Crippen LogP contribution in [0.3, 0.4) is 0 Å². The van der Waals surface area contributed by atoms with Gasteiger partial charge in [0.05, 0.1) is 12.5 Å². The number of rotatable bonds is 6. The van der Waals surface area contributed by atoms with Gasteiger partial charge in [-0.05, 0) is 92.0 Å². The van der Waals surface area contributed by atoms with E-state index in [1.165, 1.54) is 10.6 Å². The molecule has 0 saturated carbocycles. The van der Waals surface area contributed by atoms with Crippen LogP contribution >= 0.6 is 0 Å². The number of nitrogens with one attached hydrogen (secondary N) is 2. The molecule has 36 heavy (non-hydrogen) atoms. The van der Waals surface area contributed by atoms with Crippen LogP contribution in [-0.2, 0) is 0 Å². The maximum atomic E-state index is 13.4. The fourth-order valence-corrected chi connectivity index (χ4v) is 3.57. The second kappa shape index (κ2) is 9.84. The Morgan fingerprint density at radius 3 is 2.67 bits per heavy atom. The average molecular weight is 480 g/mol. The third kappa shape index (κ3) is 5.15. The van der Waals surface area contributed by atoms with Crippen molar-refractivity contribution >= 4 is 23.2 Å². The number of aryl methyl sites for hydroxylation is 2. The van der Waals surface area contributed by atoms with Crippen LogP contribution in [0.4, 0.5) is 17.3 Å². The Bertz CT molecular complexity index is 1810. The molecule has 0 atom stereocenters. The van der Waals surface area contributed by atoms with Crippen molar-refractivity contribution in [3.8, 4) is 16.9 Å². The van der Waals surface area contributed by atoms with Gasteiger partial charge in [-0.3, -0.25) is 9.78 Å². The molecule has 0 aliphatic heterocycles. The predicted octanol–water partition coefficient (Wildman–Crippen LogP) is 6.25. The number of nitrogens with zero attached hydrogens (tertiary/aromatic N) is 4. The van der Waals surface area contributed by atoms with E-state index in [0.29, 0.717) is 22.9 Å². The maximum Gasteiger partial charge on any atom is 0.255 e. The highest BCUT2D eigenvalue weighted by Gasteiger charge is 2.12. The summed E-state index contributed by atoms with van der Waals surface area (Å²) in [4.78, 5) is 26.4. The molecule has 2 aromatic carbocycles. The molecule has 7 nitrogen and oxygen atoms in total. The maximum absolute atomic E-state index is 13.4. The Labute approximate surface area is 216 Å². The van der Waals surface area contributed by atoms with Gasteiger partial charge in [-0.25, -0.2) is 9.97 Å². The van der Waals surface area contributed by atoms with Gasteiger partial charge in [0, 0.05) is 59.1 Å². The number of carbonyl (C=O) groups is 1. The summed E-state index contributed by atoms with van der Waals surface area (Å²) in [6.07, 6.45) is 4.92. The highest BCUT2D eigenvalue weighted by Crippen LogP contribution is 2.24. The van der Waals surface area contributed by atoms with Crippen molar-refractivity contribution in [2.24, 2.45) is 0 Å². The SMILES string of the molecule is [2H]c1c(C)c([2H])c(-n2c([2H])cc(C)c2[2H])c([2H])c1NC(=O)c1ccc(C)c(Nc2nccc(-c3cccnc3)n2)c1. The van der Waals surface area contributed by atoms with Crippen molar-refractivity contribution in [1.29, 1.82) is 0 Å². The normalized spacial score (nSPS) is 12.7. The number of amides is 1. The van der Waals surface area contributed by atoms with Crippen LogP contribution in [0.25, 0.3) is 16.9 Å². The smallest absolute Gasteiger partial charge is 0.255 e. The average Bonchev–Trinajstić information content (AvgIpc) is 3.22. The van der Waals surface area contributed by atoms with Crippen molar-refractivity contribution in [2.75, 3.05) is 10.6 Å². The zero-order valence-electron chi connectivity index (χ0n) is 25.0. The van der Waals surface area contributed by atoms with Crippen LogP contribution in [0.1, 0.15) is 33.9 Å². The molecule has 2 N–H and O–H groups in total. The van der Waals surface area contributed by atoms with Gasteiger partial charge in [0.1, 0.15) is 0 Å². The Morgan fingerprint density at radius 1 is 1.00 bits per heavy atom. The lowest BCUT2D eigenvalue weighted by Gasteiger charge is -2.13. The van der Waals surface area contributed by atoms with Crippen LogP contribution in [0, 0.1) is 20.8 Å². The van der Waals surface area contributed by atoms with Crippen molar-refractivity contribution in [3.63, 3.8) is 0 Å². The van der Waals surface area contributed by atoms with Gasteiger partial charge < -0.3 is 15.2 Å². The van der Waals surface area contributed by atoms with Gasteiger partial charge in [-0.1, -0.05) is 6.07 Å². The highest BCUT2D eigenvalue weighted by atomic mass is 16.1. The van der Waals surface area contributed by atoms with E-state index in [4.69, 9.17) is 6.85 Å². The number of aromatic nitrogens is 4. The molecule has 178 valence electrons. The van der Waals surface area contributed by atoms with Crippen LogP contribution in [0.2, 0.25) is 0 Å². The quantitative estimate of drug-likeness (QED) is 0.301. The molecule has 1 amide bonds. The summed E-state index contributed by atoms with van der Waals surface area (Å²) in [7, 11) is 0. The zero-order chi connectivity index (χ0) is 29.4. The molecule has 0 unspecified atom stereocenters. The summed E-state index contributed by atoms with van der Waals surface area (Å²) in [5.41, 5.74) is 3.80. The Balaban J connectivity index is 1.47. The molecule has 5 rings (SSSR count). The molecule has 0 aliphatic rings. The molecule has 3 heterocycles. The molecule has 3 aromatic heterocycles. The second-order valence-corrected chi connectivity index (χ2v) is 8.24. The van der Waals surface area contributed by atoms with Crippen LogP contribution < -0.4 is 10.6 Å². The lowest BCUT2D eigenvalue weighted by atomic mass is 10.1. The molecule has 0 radical (unpaired) electrons. The largest absolute Gasteiger partial charge is 0.324 e. The van der Waals surface area contributed by atoms with Gasteiger partial charge in [0.15, 0.2) is 0 Å². The Morgan fingerprint density at radius 2 is 1.89 bits per heavy atom. The Hall–Kier alpha value is -4.78. The van der Waals surface area contributed by atoms with Gasteiger partial charge >= 0.3 is 0 Å². The highest BCUT2D eigenvalue weighted by molar-refractivity contribution is 6.05. The summed E-state index contributed by atoms with van der Waals surface area (Å²) in [5.74, 6) is -0.233. The van der Waals surface area contributed by atoms with Crippen molar-refractivity contribution in [1.82, 2.24) is 19.5 Å². The molecule has 0 fully saturated rings. The number of benzene rings is 2. The third-order valence-electron chi connectivity index (χ3n) is 5.38. The van der Waals surface area contributed by atoms with E-state index in [1.807, 2.05) is 19.1 Å². The molecule has 0 aliphatic carbocycles. The lowest BCUT2D eigenvalue weighted by Crippen LogP contribution is -2.13. The van der Waals surface area contributed by atoms with Gasteiger partial charge in [-0.15, -0.1) is 0 Å². The standard InChI is InChI=1S/C29H26N6O/c1-19-9-12-35(18-19)25-14-20(2)13-24(16-25)32-28(36)22-7-6-21(3)27(15-22)34-29-31-11-8-26(33-29)23-5-4-10-30-17-23/h4-18H,1-3H3,(H,32,36)(H,31,33,34)/i12D,13D,14D,16D,18D. The number of pyridine rings is 1. The van der Waals surface area contributed by atoms with Gasteiger partial charge in [0.2, 0.25) is 5.95 Å². The molecular formula is C29H26N6O. The fraction of sp³-hybridized carbons (Fsp3) is 0.103. The minimum atomic E-state index is -0.566. The van der Waals surface area contributed by atoms with E-state index in [0.717, 1.165) is 11.1 Å². The van der Waals surface area contributed by atoms with E-state index in [1.54, 1.807) is 56.7 Å². The molecule has 5 aromatic rings. The first-order valence-corrected chi connectivity index (χ1v) is 11.3. The van der Waals surface area contributed by atoms with Crippen molar-refractivity contribution in [2.45, 2.75) is 20.8 Å². The van der Waals surface area contributed by atoms with Gasteiger partial charge in [0.25, 0.3) is 5.91 Å². The Kier molecular flexibility index (Phi) is 4.82. The van der Waals surface area contributed by atoms with Crippen LogP contribution in [-0.4, -0.2) is 25.4 Å². The third-order valence-corrected chi connectivity index (χ3v) is 5.38. The molecule has 0 bridgehead atoms. The summed E-state index contributed by atoms with van der Waals surface area (Å²) in [5, 5.41) is 5.82. The van der Waals surface area contributed by atoms with E-state index >= 15 is 0 Å². The van der Waals surface area contributed by atoms with E-state index in [-0.39, 0.29) is 53.0 Å². The van der Waals surface area contributed by atoms with E-state index in [2.05, 4.69) is 25.6 Å². The van der Waals surface area contributed by atoms with Crippen molar-refractivity contribution in [3.05, 3.63) is 114 Å². The monoisotopic (exact) mass is 479 g/mol. The van der Waals surface area contributed by atoms with Crippen molar-refractivity contribution < 1.29 is 11.6 Å². The lowest BCUT2D eigenvalue weighted by molar-refractivity contribution is 0.102. The molecule has 0 spiro atoms. The first-order valence-electron chi connectivity index (χ1n) is 13.8. The van der Waals surface area contributed by atoms with E-state index in [9.17, 15) is 4.79 Å². The van der Waals surface area contributed by atoms with Crippen LogP contribution in [0.5, 0.6) is 0 Å². The second-order valence-electron chi connectivity index (χ2n) is 8.24. The van der Waals surface area contributed by atoms with E-state index < -0.39 is 5.91 Å². The van der Waals surface area contributed by atoms with Crippen LogP contribution in [0.15, 0.2) is 91.5 Å². The summed E-state index contributed by atoms with van der Waals surface area (Å²) >= 11 is 0. The number of carbonyl (C=O) groups excluding carboxylic acids is 1. The van der Waals surface area contributed by atoms with Gasteiger partial charge in [-0.2, -0.15) is 0 Å². The molecule has 7 heteroatoms. The number of anilines is 3.